The van der Waals surface area contributed by atoms with Crippen molar-refractivity contribution in [3.05, 3.63) is 35.4 Å². The summed E-state index contributed by atoms with van der Waals surface area (Å²) >= 11 is 1.25. The Bertz CT molecular complexity index is 908. The third kappa shape index (κ3) is 3.97. The predicted molar refractivity (Wildman–Crippen MR) is 98.6 cm³/mol. The number of nitrogens with one attached hydrogen (secondary N) is 1. The van der Waals surface area contributed by atoms with Gasteiger partial charge in [-0.05, 0) is 12.1 Å². The Morgan fingerprint density at radius 3 is 2.79 bits per heavy atom. The van der Waals surface area contributed by atoms with Gasteiger partial charge in [-0.15, -0.1) is 11.8 Å². The molecule has 0 saturated carbocycles. The Kier molecular flexibility index (Phi) is 5.92. The molecule has 2 atom stereocenters. The van der Waals surface area contributed by atoms with Gasteiger partial charge in [-0.2, -0.15) is 0 Å². The zero-order chi connectivity index (χ0) is 21.1. The zero-order valence-corrected chi connectivity index (χ0v) is 16.2. The molecule has 0 aromatic carbocycles. The summed E-state index contributed by atoms with van der Waals surface area (Å²) in [5, 5.41) is 15.1. The van der Waals surface area contributed by atoms with Crippen molar-refractivity contribution in [2.75, 3.05) is 19.5 Å². The van der Waals surface area contributed by atoms with Crippen molar-refractivity contribution in [2.24, 2.45) is 5.16 Å². The molecule has 2 aliphatic rings. The van der Waals surface area contributed by atoms with Crippen LogP contribution in [0.2, 0.25) is 0 Å². The highest BCUT2D eigenvalue weighted by Crippen LogP contribution is 2.40. The summed E-state index contributed by atoms with van der Waals surface area (Å²) in [5.41, 5.74) is -0.0827. The number of furan rings is 1. The maximum atomic E-state index is 12.6. The molecule has 12 heteroatoms. The predicted octanol–water partition coefficient (Wildman–Crippen LogP) is -0.0682. The number of thioether (sulfide) groups is 1. The number of oxime groups is 1. The van der Waals surface area contributed by atoms with Gasteiger partial charge in [0, 0.05) is 18.2 Å². The number of esters is 1. The molecule has 2 N–H and O–H groups in total. The number of carbonyl (C=O) groups is 4. The third-order valence-corrected chi connectivity index (χ3v) is 5.48. The minimum atomic E-state index is -1.31. The van der Waals surface area contributed by atoms with Crippen molar-refractivity contribution in [2.45, 2.75) is 18.3 Å². The number of carboxylic acid groups (broad SMARTS) is 1. The molecule has 3 heterocycles. The molecular formula is C17H17N3O8S. The largest absolute Gasteiger partial charge is 0.477 e. The van der Waals surface area contributed by atoms with E-state index in [4.69, 9.17) is 9.15 Å². The molecule has 2 amide bonds. The van der Waals surface area contributed by atoms with Crippen LogP contribution in [0.3, 0.4) is 0 Å². The first-order valence-electron chi connectivity index (χ1n) is 8.34. The first-order chi connectivity index (χ1) is 13.8. The van der Waals surface area contributed by atoms with Crippen molar-refractivity contribution in [1.29, 1.82) is 0 Å². The number of β-lactam (4-membered cyclic amide) rings is 1. The van der Waals surface area contributed by atoms with Crippen molar-refractivity contribution in [3.63, 3.8) is 0 Å². The molecule has 1 fully saturated rings. The summed E-state index contributed by atoms with van der Waals surface area (Å²) in [6.07, 6.45) is 1.36. The fourth-order valence-electron chi connectivity index (χ4n) is 2.90. The standard InChI is InChI=1S/C17H17N3O8S/c1-8(21)28-6-9-7-29-16-12(15(23)20(16)13(9)17(24)25)18-14(22)11(19-26-2)10-4-3-5-27-10/h3-5,12,16H,6-7H2,1-2H3,(H,18,22)(H,24,25)/t12-,16+/m0/s1. The molecular weight excluding hydrogens is 406 g/mol. The van der Waals surface area contributed by atoms with Crippen LogP contribution in [0.25, 0.3) is 0 Å². The van der Waals surface area contributed by atoms with E-state index in [-0.39, 0.29) is 29.5 Å². The second-order valence-electron chi connectivity index (χ2n) is 6.00. The van der Waals surface area contributed by atoms with Gasteiger partial charge in [0.05, 0.1) is 6.26 Å². The smallest absolute Gasteiger partial charge is 0.352 e. The van der Waals surface area contributed by atoms with Crippen LogP contribution in [-0.2, 0) is 28.8 Å². The summed E-state index contributed by atoms with van der Waals surface area (Å²) < 4.78 is 10.0. The lowest BCUT2D eigenvalue weighted by atomic mass is 10.0. The number of carbonyl (C=O) groups excluding carboxylic acids is 3. The number of aliphatic carboxylic acids is 1. The Balaban J connectivity index is 1.77. The van der Waals surface area contributed by atoms with Gasteiger partial charge in [0.25, 0.3) is 11.8 Å². The molecule has 154 valence electrons. The summed E-state index contributed by atoms with van der Waals surface area (Å²) in [6, 6.07) is 2.12. The number of rotatable bonds is 7. The van der Waals surface area contributed by atoms with E-state index in [1.165, 1.54) is 38.1 Å². The van der Waals surface area contributed by atoms with E-state index in [1.807, 2.05) is 0 Å². The average molecular weight is 423 g/mol. The minimum Gasteiger partial charge on any atom is -0.477 e. The fourth-order valence-corrected chi connectivity index (χ4v) is 4.22. The minimum absolute atomic E-state index is 0.152. The van der Waals surface area contributed by atoms with E-state index in [0.29, 0.717) is 5.57 Å². The topological polar surface area (TPSA) is 148 Å². The number of hydrogen-bond donors (Lipinski definition) is 2. The van der Waals surface area contributed by atoms with E-state index in [1.54, 1.807) is 6.07 Å². The molecule has 11 nitrogen and oxygen atoms in total. The fraction of sp³-hybridized carbons (Fsp3) is 0.353. The normalized spacial score (nSPS) is 21.2. The van der Waals surface area contributed by atoms with Crippen LogP contribution in [0, 0.1) is 0 Å². The highest BCUT2D eigenvalue weighted by atomic mass is 32.2. The molecule has 2 aliphatic heterocycles. The monoisotopic (exact) mass is 423 g/mol. The van der Waals surface area contributed by atoms with Crippen LogP contribution in [0.1, 0.15) is 12.7 Å². The van der Waals surface area contributed by atoms with Crippen LogP contribution in [0.15, 0.2) is 39.2 Å². The molecule has 0 unspecified atom stereocenters. The zero-order valence-electron chi connectivity index (χ0n) is 15.4. The Morgan fingerprint density at radius 2 is 2.21 bits per heavy atom. The summed E-state index contributed by atoms with van der Waals surface area (Å²) in [4.78, 5) is 53.6. The molecule has 1 aromatic rings. The van der Waals surface area contributed by atoms with Crippen molar-refractivity contribution in [3.8, 4) is 0 Å². The number of amides is 2. The maximum absolute atomic E-state index is 12.6. The number of carboxylic acids is 1. The molecule has 0 aliphatic carbocycles. The van der Waals surface area contributed by atoms with Crippen molar-refractivity contribution < 1.29 is 38.3 Å². The van der Waals surface area contributed by atoms with Crippen LogP contribution in [0.4, 0.5) is 0 Å². The van der Waals surface area contributed by atoms with Gasteiger partial charge in [0.1, 0.15) is 30.8 Å². The van der Waals surface area contributed by atoms with E-state index in [9.17, 15) is 24.3 Å². The first-order valence-corrected chi connectivity index (χ1v) is 9.39. The summed E-state index contributed by atoms with van der Waals surface area (Å²) in [6.45, 7) is 0.985. The van der Waals surface area contributed by atoms with E-state index < -0.39 is 35.2 Å². The molecule has 1 aromatic heterocycles. The second-order valence-corrected chi connectivity index (χ2v) is 7.10. The second kappa shape index (κ2) is 8.39. The van der Waals surface area contributed by atoms with Crippen LogP contribution in [-0.4, -0.2) is 70.4 Å². The highest BCUT2D eigenvalue weighted by Gasteiger charge is 2.54. The van der Waals surface area contributed by atoms with Crippen molar-refractivity contribution in [1.82, 2.24) is 10.2 Å². The van der Waals surface area contributed by atoms with Gasteiger partial charge in [-0.3, -0.25) is 19.3 Å². The first kappa shape index (κ1) is 20.5. The SMILES string of the molecule is CON=C(C(=O)N[C@H]1C(=O)N2C(C(=O)O)=C(COC(C)=O)CS[C@H]12)c1ccco1. The quantitative estimate of drug-likeness (QED) is 0.266. The van der Waals surface area contributed by atoms with Gasteiger partial charge < -0.3 is 24.4 Å². The molecule has 0 spiro atoms. The van der Waals surface area contributed by atoms with E-state index in [0.717, 1.165) is 4.90 Å². The third-order valence-electron chi connectivity index (χ3n) is 4.14. The summed E-state index contributed by atoms with van der Waals surface area (Å²) in [7, 11) is 1.26. The number of ether oxygens (including phenoxy) is 1. The molecule has 1 saturated heterocycles. The number of nitrogens with zero attached hydrogens (tertiary/aromatic N) is 2. The van der Waals surface area contributed by atoms with Crippen LogP contribution in [0.5, 0.6) is 0 Å². The van der Waals surface area contributed by atoms with Gasteiger partial charge in [0.2, 0.25) is 5.71 Å². The van der Waals surface area contributed by atoms with Crippen LogP contribution >= 0.6 is 11.8 Å². The van der Waals surface area contributed by atoms with Gasteiger partial charge >= 0.3 is 11.9 Å². The lowest BCUT2D eigenvalue weighted by molar-refractivity contribution is -0.150. The van der Waals surface area contributed by atoms with Crippen LogP contribution < -0.4 is 5.32 Å². The number of fused-ring (bicyclic) bond motifs is 1. The van der Waals surface area contributed by atoms with Gasteiger partial charge in [-0.1, -0.05) is 5.16 Å². The highest BCUT2D eigenvalue weighted by molar-refractivity contribution is 8.00. The Hall–Kier alpha value is -3.28. The Labute approximate surface area is 168 Å². The molecule has 0 radical (unpaired) electrons. The lowest BCUT2D eigenvalue weighted by Gasteiger charge is -2.49. The molecule has 3 rings (SSSR count). The van der Waals surface area contributed by atoms with E-state index in [2.05, 4.69) is 15.3 Å². The summed E-state index contributed by atoms with van der Waals surface area (Å²) in [5.74, 6) is -2.78. The molecule has 0 bridgehead atoms. The maximum Gasteiger partial charge on any atom is 0.352 e. The number of hydrogen-bond acceptors (Lipinski definition) is 9. The van der Waals surface area contributed by atoms with Crippen molar-refractivity contribution >= 4 is 41.2 Å². The Morgan fingerprint density at radius 1 is 1.45 bits per heavy atom. The van der Waals surface area contributed by atoms with E-state index >= 15 is 0 Å². The average Bonchev–Trinajstić information content (AvgIpc) is 3.21. The van der Waals surface area contributed by atoms with Gasteiger partial charge in [-0.25, -0.2) is 4.79 Å². The van der Waals surface area contributed by atoms with Gasteiger partial charge in [0.15, 0.2) is 5.76 Å². The molecule has 29 heavy (non-hydrogen) atoms. The lowest BCUT2D eigenvalue weighted by Crippen LogP contribution is -2.71.